The predicted octanol–water partition coefficient (Wildman–Crippen LogP) is 2.14. The molecule has 2 aliphatic heterocycles. The number of halogens is 1. The van der Waals surface area contributed by atoms with E-state index in [1.807, 2.05) is 19.1 Å². The molecular weight excluding hydrogens is 345 g/mol. The van der Waals surface area contributed by atoms with Gasteiger partial charge in [0.25, 0.3) is 0 Å². The van der Waals surface area contributed by atoms with Gasteiger partial charge in [-0.2, -0.15) is 5.10 Å². The van der Waals surface area contributed by atoms with Gasteiger partial charge in [0.05, 0.1) is 24.5 Å². The molecule has 0 spiro atoms. The van der Waals surface area contributed by atoms with Crippen molar-refractivity contribution in [1.29, 1.82) is 0 Å². The molecular formula is C20H26FN5O. The number of carbonyl (C=O) groups excluding carboxylic acids is 1. The molecule has 0 radical (unpaired) electrons. The standard InChI is InChI=1S/C20H26FN5O/c1-2-20(27)22-12-16-11-19-14-25(9-10-26(19)23-16)18-7-8-24(13-18)17-5-3-15(21)4-6-17/h3-6,11,18H,2,7-10,12-14H2,1H3,(H,22,27). The van der Waals surface area contributed by atoms with Crippen molar-refractivity contribution in [3.8, 4) is 0 Å². The highest BCUT2D eigenvalue weighted by atomic mass is 19.1. The van der Waals surface area contributed by atoms with E-state index in [9.17, 15) is 9.18 Å². The minimum atomic E-state index is -0.190. The SMILES string of the molecule is CCC(=O)NCc1cc2n(n1)CCN(C1CCN(c3ccc(F)cc3)C1)C2. The topological polar surface area (TPSA) is 53.4 Å². The maximum Gasteiger partial charge on any atom is 0.220 e. The third-order valence-electron chi connectivity index (χ3n) is 5.54. The van der Waals surface area contributed by atoms with Crippen molar-refractivity contribution in [3.63, 3.8) is 0 Å². The average Bonchev–Trinajstić information content (AvgIpc) is 3.33. The Bertz CT molecular complexity index is 803. The molecule has 7 heteroatoms. The van der Waals surface area contributed by atoms with Crippen molar-refractivity contribution >= 4 is 11.6 Å². The number of carbonyl (C=O) groups is 1. The van der Waals surface area contributed by atoms with Crippen LogP contribution in [0.15, 0.2) is 30.3 Å². The summed E-state index contributed by atoms with van der Waals surface area (Å²) in [7, 11) is 0. The van der Waals surface area contributed by atoms with E-state index < -0.39 is 0 Å². The molecule has 0 bridgehead atoms. The summed E-state index contributed by atoms with van der Waals surface area (Å²) in [6, 6.07) is 9.39. The first-order chi connectivity index (χ1) is 13.1. The lowest BCUT2D eigenvalue weighted by Crippen LogP contribution is -2.42. The molecule has 1 unspecified atom stereocenters. The van der Waals surface area contributed by atoms with Gasteiger partial charge in [-0.1, -0.05) is 6.92 Å². The summed E-state index contributed by atoms with van der Waals surface area (Å²) in [4.78, 5) is 16.3. The molecule has 1 saturated heterocycles. The van der Waals surface area contributed by atoms with Crippen LogP contribution in [0.4, 0.5) is 10.1 Å². The summed E-state index contributed by atoms with van der Waals surface area (Å²) >= 11 is 0. The highest BCUT2D eigenvalue weighted by Gasteiger charge is 2.30. The molecule has 27 heavy (non-hydrogen) atoms. The number of hydrogen-bond acceptors (Lipinski definition) is 4. The lowest BCUT2D eigenvalue weighted by atomic mass is 10.2. The number of benzene rings is 1. The van der Waals surface area contributed by atoms with Crippen molar-refractivity contribution in [2.24, 2.45) is 0 Å². The van der Waals surface area contributed by atoms with Crippen LogP contribution in [0, 0.1) is 5.82 Å². The Kier molecular flexibility index (Phi) is 5.11. The van der Waals surface area contributed by atoms with Gasteiger partial charge in [0.2, 0.25) is 5.91 Å². The maximum absolute atomic E-state index is 13.1. The minimum Gasteiger partial charge on any atom is -0.370 e. The summed E-state index contributed by atoms with van der Waals surface area (Å²) in [6.45, 7) is 7.06. The molecule has 1 fully saturated rings. The molecule has 4 rings (SSSR count). The van der Waals surface area contributed by atoms with Crippen LogP contribution < -0.4 is 10.2 Å². The molecule has 1 N–H and O–H groups in total. The highest BCUT2D eigenvalue weighted by Crippen LogP contribution is 2.26. The summed E-state index contributed by atoms with van der Waals surface area (Å²) in [5.41, 5.74) is 3.23. The summed E-state index contributed by atoms with van der Waals surface area (Å²) in [5.74, 6) is -0.140. The molecule has 6 nitrogen and oxygen atoms in total. The molecule has 1 aromatic carbocycles. The Balaban J connectivity index is 1.36. The van der Waals surface area contributed by atoms with Gasteiger partial charge in [0.15, 0.2) is 0 Å². The number of anilines is 1. The van der Waals surface area contributed by atoms with E-state index in [-0.39, 0.29) is 11.7 Å². The zero-order valence-electron chi connectivity index (χ0n) is 15.7. The van der Waals surface area contributed by atoms with Gasteiger partial charge in [0.1, 0.15) is 5.82 Å². The second-order valence-corrected chi connectivity index (χ2v) is 7.32. The Hall–Kier alpha value is -2.41. The first-order valence-corrected chi connectivity index (χ1v) is 9.69. The third kappa shape index (κ3) is 3.98. The predicted molar refractivity (Wildman–Crippen MR) is 102 cm³/mol. The number of rotatable bonds is 5. The van der Waals surface area contributed by atoms with Gasteiger partial charge in [-0.3, -0.25) is 14.4 Å². The normalized spacial score (nSPS) is 19.9. The molecule has 3 heterocycles. The fraction of sp³-hybridized carbons (Fsp3) is 0.500. The Morgan fingerprint density at radius 3 is 2.85 bits per heavy atom. The zero-order valence-corrected chi connectivity index (χ0v) is 15.7. The van der Waals surface area contributed by atoms with Crippen molar-refractivity contribution in [2.45, 2.75) is 45.4 Å². The summed E-state index contributed by atoms with van der Waals surface area (Å²) in [6.07, 6.45) is 1.61. The van der Waals surface area contributed by atoms with E-state index in [1.54, 1.807) is 0 Å². The Morgan fingerprint density at radius 2 is 2.07 bits per heavy atom. The maximum atomic E-state index is 13.1. The number of fused-ring (bicyclic) bond motifs is 1. The van der Waals surface area contributed by atoms with Crippen molar-refractivity contribution < 1.29 is 9.18 Å². The van der Waals surface area contributed by atoms with Crippen LogP contribution in [0.25, 0.3) is 0 Å². The fourth-order valence-corrected chi connectivity index (χ4v) is 3.98. The average molecular weight is 371 g/mol. The second-order valence-electron chi connectivity index (χ2n) is 7.32. The van der Waals surface area contributed by atoms with Crippen LogP contribution in [0.5, 0.6) is 0 Å². The zero-order chi connectivity index (χ0) is 18.8. The number of hydrogen-bond donors (Lipinski definition) is 1. The minimum absolute atomic E-state index is 0.0504. The van der Waals surface area contributed by atoms with Crippen LogP contribution in [0.3, 0.4) is 0 Å². The van der Waals surface area contributed by atoms with Gasteiger partial charge >= 0.3 is 0 Å². The monoisotopic (exact) mass is 371 g/mol. The molecule has 144 valence electrons. The van der Waals surface area contributed by atoms with E-state index in [4.69, 9.17) is 0 Å². The fourth-order valence-electron chi connectivity index (χ4n) is 3.98. The van der Waals surface area contributed by atoms with Crippen molar-refractivity contribution in [1.82, 2.24) is 20.0 Å². The number of nitrogens with one attached hydrogen (secondary N) is 1. The number of nitrogens with zero attached hydrogens (tertiary/aromatic N) is 4. The molecule has 2 aliphatic rings. The Morgan fingerprint density at radius 1 is 1.26 bits per heavy atom. The molecule has 1 atom stereocenters. The third-order valence-corrected chi connectivity index (χ3v) is 5.54. The van der Waals surface area contributed by atoms with E-state index in [0.717, 1.165) is 50.5 Å². The first kappa shape index (κ1) is 18.0. The van der Waals surface area contributed by atoms with E-state index in [1.165, 1.54) is 17.8 Å². The smallest absolute Gasteiger partial charge is 0.220 e. The first-order valence-electron chi connectivity index (χ1n) is 9.69. The van der Waals surface area contributed by atoms with Crippen molar-refractivity contribution in [2.75, 3.05) is 24.5 Å². The van der Waals surface area contributed by atoms with Gasteiger partial charge in [-0.15, -0.1) is 0 Å². The number of aromatic nitrogens is 2. The molecule has 0 aliphatic carbocycles. The highest BCUT2D eigenvalue weighted by molar-refractivity contribution is 5.75. The van der Waals surface area contributed by atoms with E-state index in [0.29, 0.717) is 19.0 Å². The summed E-state index contributed by atoms with van der Waals surface area (Å²) < 4.78 is 15.2. The van der Waals surface area contributed by atoms with Gasteiger partial charge in [-0.05, 0) is 36.8 Å². The molecule has 1 aromatic heterocycles. The van der Waals surface area contributed by atoms with Gasteiger partial charge in [0, 0.05) is 44.3 Å². The van der Waals surface area contributed by atoms with Gasteiger partial charge in [-0.25, -0.2) is 4.39 Å². The molecule has 2 aromatic rings. The van der Waals surface area contributed by atoms with Crippen LogP contribution in [-0.4, -0.2) is 46.3 Å². The lowest BCUT2D eigenvalue weighted by Gasteiger charge is -2.32. The van der Waals surface area contributed by atoms with Crippen LogP contribution in [-0.2, 0) is 24.4 Å². The van der Waals surface area contributed by atoms with E-state index >= 15 is 0 Å². The van der Waals surface area contributed by atoms with Crippen LogP contribution in [0.1, 0.15) is 31.2 Å². The lowest BCUT2D eigenvalue weighted by molar-refractivity contribution is -0.120. The van der Waals surface area contributed by atoms with Crippen LogP contribution in [0.2, 0.25) is 0 Å². The molecule has 0 saturated carbocycles. The van der Waals surface area contributed by atoms with Crippen molar-refractivity contribution in [3.05, 3.63) is 47.5 Å². The summed E-state index contributed by atoms with van der Waals surface area (Å²) in [5, 5.41) is 7.51. The Labute approximate surface area is 158 Å². The number of amides is 1. The quantitative estimate of drug-likeness (QED) is 0.875. The largest absolute Gasteiger partial charge is 0.370 e. The van der Waals surface area contributed by atoms with Crippen LogP contribution >= 0.6 is 0 Å². The van der Waals surface area contributed by atoms with Gasteiger partial charge < -0.3 is 10.2 Å². The molecule has 1 amide bonds. The second kappa shape index (κ2) is 7.68. The van der Waals surface area contributed by atoms with E-state index in [2.05, 4.69) is 31.0 Å².